The number of para-hydroxylation sites is 1. The quantitative estimate of drug-likeness (QED) is 0.179. The lowest BCUT2D eigenvalue weighted by Gasteiger charge is -2.28. The molecule has 0 aromatic heterocycles. The molecule has 0 radical (unpaired) electrons. The average Bonchev–Trinajstić information content (AvgIpc) is 3.44. The summed E-state index contributed by atoms with van der Waals surface area (Å²) in [6, 6.07) is 63.3. The Balaban J connectivity index is 1.11. The molecule has 2 aliphatic rings. The van der Waals surface area contributed by atoms with E-state index in [0.29, 0.717) is 0 Å². The summed E-state index contributed by atoms with van der Waals surface area (Å²) in [5, 5.41) is 2.39. The predicted molar refractivity (Wildman–Crippen MR) is 218 cm³/mol. The Morgan fingerprint density at radius 3 is 1.88 bits per heavy atom. The van der Waals surface area contributed by atoms with E-state index in [2.05, 4.69) is 195 Å². The molecule has 0 unspecified atom stereocenters. The van der Waals surface area contributed by atoms with Crippen molar-refractivity contribution in [2.45, 2.75) is 29.1 Å². The van der Waals surface area contributed by atoms with Gasteiger partial charge in [0.25, 0.3) is 0 Å². The van der Waals surface area contributed by atoms with E-state index in [-0.39, 0.29) is 5.41 Å². The number of nitrogens with zero attached hydrogens (tertiary/aromatic N) is 1. The van der Waals surface area contributed by atoms with Gasteiger partial charge < -0.3 is 9.64 Å². The Hall–Kier alpha value is -6.03. The van der Waals surface area contributed by atoms with Crippen LogP contribution in [0, 0.1) is 0 Å². The van der Waals surface area contributed by atoms with Crippen LogP contribution in [0.15, 0.2) is 186 Å². The summed E-state index contributed by atoms with van der Waals surface area (Å²) >= 11 is 1.85. The topological polar surface area (TPSA) is 12.5 Å². The smallest absolute Gasteiger partial charge is 0.142 e. The zero-order valence-electron chi connectivity index (χ0n) is 29.0. The zero-order chi connectivity index (χ0) is 34.8. The molecule has 10 rings (SSSR count). The lowest BCUT2D eigenvalue weighted by Crippen LogP contribution is -2.15. The van der Waals surface area contributed by atoms with Crippen LogP contribution < -0.4 is 9.64 Å². The lowest BCUT2D eigenvalue weighted by atomic mass is 9.82. The van der Waals surface area contributed by atoms with Crippen molar-refractivity contribution >= 4 is 39.6 Å². The number of fused-ring (bicyclic) bond motifs is 7. The molecule has 0 atom stereocenters. The number of benzene rings is 8. The van der Waals surface area contributed by atoms with E-state index >= 15 is 0 Å². The molecule has 0 N–H and O–H groups in total. The van der Waals surface area contributed by atoms with Crippen molar-refractivity contribution in [3.8, 4) is 44.9 Å². The van der Waals surface area contributed by atoms with Crippen molar-refractivity contribution < 1.29 is 4.74 Å². The molecule has 0 spiro atoms. The molecule has 0 saturated carbocycles. The van der Waals surface area contributed by atoms with Gasteiger partial charge in [0, 0.05) is 27.7 Å². The number of hydrogen-bond donors (Lipinski definition) is 0. The highest BCUT2D eigenvalue weighted by atomic mass is 32.2. The molecule has 1 heterocycles. The highest BCUT2D eigenvalue weighted by Crippen LogP contribution is 2.60. The minimum Gasteiger partial charge on any atom is -0.455 e. The molecule has 1 aliphatic heterocycles. The van der Waals surface area contributed by atoms with Crippen LogP contribution >= 0.6 is 11.8 Å². The summed E-state index contributed by atoms with van der Waals surface area (Å²) in [7, 11) is 0. The van der Waals surface area contributed by atoms with Crippen molar-refractivity contribution in [1.82, 2.24) is 0 Å². The van der Waals surface area contributed by atoms with Crippen LogP contribution in [0.1, 0.15) is 25.0 Å². The average molecular weight is 686 g/mol. The van der Waals surface area contributed by atoms with E-state index < -0.39 is 0 Å². The van der Waals surface area contributed by atoms with E-state index in [4.69, 9.17) is 4.74 Å². The highest BCUT2D eigenvalue weighted by Gasteiger charge is 2.39. The van der Waals surface area contributed by atoms with Gasteiger partial charge in [-0.05, 0) is 86.8 Å². The molecular formula is C49H35NOS. The number of rotatable bonds is 5. The Labute approximate surface area is 309 Å². The van der Waals surface area contributed by atoms with Crippen molar-refractivity contribution in [3.63, 3.8) is 0 Å². The maximum atomic E-state index is 6.75. The van der Waals surface area contributed by atoms with Crippen molar-refractivity contribution in [2.24, 2.45) is 0 Å². The summed E-state index contributed by atoms with van der Waals surface area (Å²) in [6.45, 7) is 4.67. The first-order chi connectivity index (χ1) is 25.6. The van der Waals surface area contributed by atoms with Crippen molar-refractivity contribution in [1.29, 1.82) is 0 Å². The first-order valence-corrected chi connectivity index (χ1v) is 18.7. The van der Waals surface area contributed by atoms with Gasteiger partial charge in [0.15, 0.2) is 0 Å². The summed E-state index contributed by atoms with van der Waals surface area (Å²) in [6.07, 6.45) is 0. The second-order valence-electron chi connectivity index (χ2n) is 14.1. The molecule has 248 valence electrons. The predicted octanol–water partition coefficient (Wildman–Crippen LogP) is 14.2. The van der Waals surface area contributed by atoms with Gasteiger partial charge in [0.1, 0.15) is 11.5 Å². The molecule has 0 saturated heterocycles. The van der Waals surface area contributed by atoms with Gasteiger partial charge in [-0.25, -0.2) is 0 Å². The molecule has 0 fully saturated rings. The van der Waals surface area contributed by atoms with Crippen LogP contribution in [0.25, 0.3) is 44.2 Å². The third-order valence-electron chi connectivity index (χ3n) is 10.7. The molecule has 8 aromatic carbocycles. The summed E-state index contributed by atoms with van der Waals surface area (Å²) < 4.78 is 6.75. The number of anilines is 3. The molecule has 8 aromatic rings. The monoisotopic (exact) mass is 685 g/mol. The molecule has 3 heteroatoms. The fourth-order valence-electron chi connectivity index (χ4n) is 8.21. The second-order valence-corrected chi connectivity index (χ2v) is 15.1. The Kier molecular flexibility index (Phi) is 7.12. The van der Waals surface area contributed by atoms with Crippen LogP contribution in [0.5, 0.6) is 11.5 Å². The fourth-order valence-corrected chi connectivity index (χ4v) is 9.44. The first-order valence-electron chi connectivity index (χ1n) is 17.9. The summed E-state index contributed by atoms with van der Waals surface area (Å²) in [5.41, 5.74) is 13.4. The van der Waals surface area contributed by atoms with E-state index in [1.165, 1.54) is 60.2 Å². The first kappa shape index (κ1) is 30.8. The maximum Gasteiger partial charge on any atom is 0.142 e. The van der Waals surface area contributed by atoms with E-state index in [1.807, 2.05) is 11.8 Å². The number of hydrogen-bond acceptors (Lipinski definition) is 3. The van der Waals surface area contributed by atoms with Gasteiger partial charge in [0.2, 0.25) is 0 Å². The Morgan fingerprint density at radius 1 is 0.442 bits per heavy atom. The van der Waals surface area contributed by atoms with Crippen LogP contribution in [-0.4, -0.2) is 0 Å². The van der Waals surface area contributed by atoms with Gasteiger partial charge in [-0.1, -0.05) is 159 Å². The lowest BCUT2D eigenvalue weighted by molar-refractivity contribution is 0.455. The molecule has 0 bridgehead atoms. The summed E-state index contributed by atoms with van der Waals surface area (Å²) in [4.78, 5) is 4.73. The molecule has 0 amide bonds. The zero-order valence-corrected chi connectivity index (χ0v) is 29.8. The summed E-state index contributed by atoms with van der Waals surface area (Å²) in [5.74, 6) is 1.83. The minimum atomic E-state index is -0.0696. The SMILES string of the molecule is CC1(C)c2ccccc2-c2c1ccc1c2Sc2c(cccc2-c2ccc(N(c3ccccc3)c3ccc(-c4ccccc4)cc3)c3ccccc23)O1. The minimum absolute atomic E-state index is 0.0696. The molecule has 1 aliphatic carbocycles. The Bertz CT molecular complexity index is 2650. The van der Waals surface area contributed by atoms with Crippen LogP contribution in [0.3, 0.4) is 0 Å². The van der Waals surface area contributed by atoms with Crippen molar-refractivity contribution in [3.05, 3.63) is 187 Å². The third kappa shape index (κ3) is 4.81. The van der Waals surface area contributed by atoms with Crippen LogP contribution in [0.4, 0.5) is 17.1 Å². The van der Waals surface area contributed by atoms with E-state index in [0.717, 1.165) is 33.5 Å². The molecule has 52 heavy (non-hydrogen) atoms. The van der Waals surface area contributed by atoms with Gasteiger partial charge in [0.05, 0.1) is 15.5 Å². The largest absolute Gasteiger partial charge is 0.455 e. The Morgan fingerprint density at radius 2 is 1.08 bits per heavy atom. The van der Waals surface area contributed by atoms with Gasteiger partial charge in [-0.2, -0.15) is 0 Å². The third-order valence-corrected chi connectivity index (χ3v) is 12.0. The second kappa shape index (κ2) is 12.0. The van der Waals surface area contributed by atoms with Gasteiger partial charge in [-0.15, -0.1) is 0 Å². The van der Waals surface area contributed by atoms with E-state index in [1.54, 1.807) is 0 Å². The fraction of sp³-hybridized carbons (Fsp3) is 0.0612. The standard InChI is InChI=1S/C49H35NOS/c1-49(2)41-22-12-11-20-40(41)46-42(49)29-31-45-48(46)52-47-39(21-13-23-44(47)51-45)37-28-30-43(38-19-10-9-18-36(37)38)50(34-16-7-4-8-17-34)35-26-24-33(25-27-35)32-14-5-3-6-15-32/h3-31H,1-2H3. The van der Waals surface area contributed by atoms with Crippen molar-refractivity contribution in [2.75, 3.05) is 4.90 Å². The van der Waals surface area contributed by atoms with Crippen LogP contribution in [-0.2, 0) is 5.41 Å². The van der Waals surface area contributed by atoms with Gasteiger partial charge >= 0.3 is 0 Å². The van der Waals surface area contributed by atoms with Gasteiger partial charge in [-0.3, -0.25) is 0 Å². The maximum absolute atomic E-state index is 6.75. The van der Waals surface area contributed by atoms with E-state index in [9.17, 15) is 0 Å². The van der Waals surface area contributed by atoms with Crippen LogP contribution in [0.2, 0.25) is 0 Å². The highest BCUT2D eigenvalue weighted by molar-refractivity contribution is 8.00. The molecule has 2 nitrogen and oxygen atoms in total. The molecular weight excluding hydrogens is 651 g/mol. The normalized spacial score (nSPS) is 13.4. The number of ether oxygens (including phenoxy) is 1.